The lowest BCUT2D eigenvalue weighted by Crippen LogP contribution is -2.50. The highest BCUT2D eigenvalue weighted by Crippen LogP contribution is 2.66. The Morgan fingerprint density at radius 1 is 1.02 bits per heavy atom. The van der Waals surface area contributed by atoms with E-state index >= 15 is 0 Å². The highest BCUT2D eigenvalue weighted by Gasteiger charge is 2.58. The Morgan fingerprint density at radius 2 is 1.76 bits per heavy atom. The third-order valence-corrected chi connectivity index (χ3v) is 12.5. The first-order valence-electron chi connectivity index (χ1n) is 17.8. The maximum atomic E-state index is 5.21. The first kappa shape index (κ1) is 36.8. The number of rotatable bonds is 13. The van der Waals surface area contributed by atoms with Crippen LogP contribution in [0, 0.1) is 46.3 Å². The number of hydrogen-bond donors (Lipinski definition) is 2. The first-order chi connectivity index (χ1) is 19.6. The maximum Gasteiger partial charge on any atom is 0.0388 e. The van der Waals surface area contributed by atoms with Gasteiger partial charge in [0.25, 0.3) is 0 Å². The van der Waals surface area contributed by atoms with E-state index in [0.29, 0.717) is 10.8 Å². The SMILES string of the molecule is C=C/C=C1/CCC2C(CCC3(C)C(C(C)=NCCCC(C)CC(C)CC)CCC23)C1(C)CCC.C=CNC1CCC1.N. The van der Waals surface area contributed by atoms with Gasteiger partial charge in [-0.05, 0) is 137 Å². The van der Waals surface area contributed by atoms with Crippen LogP contribution >= 0.6 is 0 Å². The van der Waals surface area contributed by atoms with Crippen LogP contribution < -0.4 is 11.5 Å². The van der Waals surface area contributed by atoms with E-state index in [0.717, 1.165) is 48.1 Å². The molecule has 0 radical (unpaired) electrons. The summed E-state index contributed by atoms with van der Waals surface area (Å²) in [6, 6.07) is 0.762. The fraction of sp³-hybridized carbons (Fsp3) is 0.821. The smallest absolute Gasteiger partial charge is 0.0388 e. The Kier molecular flexibility index (Phi) is 15.1. The zero-order chi connectivity index (χ0) is 30.0. The van der Waals surface area contributed by atoms with Gasteiger partial charge in [-0.15, -0.1) is 0 Å². The van der Waals surface area contributed by atoms with Crippen LogP contribution in [-0.4, -0.2) is 18.3 Å². The number of hydrogen-bond acceptors (Lipinski definition) is 3. The molecule has 0 aromatic rings. The molecule has 4 N–H and O–H groups in total. The van der Waals surface area contributed by atoms with Crippen LogP contribution in [0.3, 0.4) is 0 Å². The highest BCUT2D eigenvalue weighted by atomic mass is 14.9. The van der Waals surface area contributed by atoms with E-state index in [1.54, 1.807) is 11.8 Å². The van der Waals surface area contributed by atoms with Crippen molar-refractivity contribution in [1.82, 2.24) is 11.5 Å². The van der Waals surface area contributed by atoms with Crippen LogP contribution in [0.25, 0.3) is 0 Å². The van der Waals surface area contributed by atoms with Crippen LogP contribution in [0.5, 0.6) is 0 Å². The highest BCUT2D eigenvalue weighted by molar-refractivity contribution is 5.85. The van der Waals surface area contributed by atoms with Crippen LogP contribution in [0.15, 0.2) is 42.1 Å². The third kappa shape index (κ3) is 8.64. The zero-order valence-corrected chi connectivity index (χ0v) is 29.2. The average molecular weight is 582 g/mol. The van der Waals surface area contributed by atoms with E-state index in [9.17, 15) is 0 Å². The number of nitrogens with zero attached hydrogens (tertiary/aromatic N) is 1. The second kappa shape index (κ2) is 17.2. The molecule has 0 aromatic heterocycles. The van der Waals surface area contributed by atoms with Gasteiger partial charge in [0.05, 0.1) is 0 Å². The van der Waals surface area contributed by atoms with Crippen molar-refractivity contribution in [3.05, 3.63) is 37.1 Å². The summed E-state index contributed by atoms with van der Waals surface area (Å²) in [6.45, 7) is 25.8. The van der Waals surface area contributed by atoms with E-state index in [2.05, 4.69) is 73.0 Å². The molecule has 242 valence electrons. The van der Waals surface area contributed by atoms with Gasteiger partial charge in [-0.25, -0.2) is 0 Å². The fourth-order valence-electron chi connectivity index (χ4n) is 9.81. The van der Waals surface area contributed by atoms with E-state index in [1.165, 1.54) is 102 Å². The van der Waals surface area contributed by atoms with Crippen molar-refractivity contribution in [3.8, 4) is 0 Å². The monoisotopic (exact) mass is 582 g/mol. The molecule has 0 spiro atoms. The summed E-state index contributed by atoms with van der Waals surface area (Å²) in [4.78, 5) is 5.21. The summed E-state index contributed by atoms with van der Waals surface area (Å²) in [5.41, 5.74) is 4.05. The maximum absolute atomic E-state index is 5.21. The molecule has 4 aliphatic rings. The number of fused-ring (bicyclic) bond motifs is 3. The van der Waals surface area contributed by atoms with Gasteiger partial charge in [-0.3, -0.25) is 4.99 Å². The van der Waals surface area contributed by atoms with Crippen LogP contribution in [-0.2, 0) is 0 Å². The van der Waals surface area contributed by atoms with Crippen LogP contribution in [0.1, 0.15) is 145 Å². The van der Waals surface area contributed by atoms with Gasteiger partial charge in [0.1, 0.15) is 0 Å². The van der Waals surface area contributed by atoms with E-state index in [4.69, 9.17) is 4.99 Å². The molecule has 0 saturated heterocycles. The summed E-state index contributed by atoms with van der Waals surface area (Å²) in [7, 11) is 0. The van der Waals surface area contributed by atoms with E-state index in [1.807, 2.05) is 6.08 Å². The molecular weight excluding hydrogens is 510 g/mol. The molecule has 4 rings (SSSR count). The van der Waals surface area contributed by atoms with Gasteiger partial charge >= 0.3 is 0 Å². The Labute approximate surface area is 262 Å². The van der Waals surface area contributed by atoms with Crippen molar-refractivity contribution in [2.45, 2.75) is 151 Å². The Morgan fingerprint density at radius 3 is 2.33 bits per heavy atom. The Bertz CT molecular complexity index is 884. The molecule has 0 heterocycles. The third-order valence-electron chi connectivity index (χ3n) is 12.5. The molecule has 8 unspecified atom stereocenters. The topological polar surface area (TPSA) is 59.4 Å². The largest absolute Gasteiger partial charge is 0.389 e. The van der Waals surface area contributed by atoms with Gasteiger partial charge in [-0.2, -0.15) is 0 Å². The standard InChI is InChI=1S/C33H57N.C6H11N.H3N/c1-9-13-27-15-16-28-30-18-17-29(26(6)34-22-12-14-25(5)23-24(4)11-3)33(30,8)21-19-31(28)32(27,7)20-10-2;1-2-7-6-4-3-5-6;/h9,13,24-25,28-31H,1,10-12,14-23H2,2-8H3;2,6-7H,1,3-5H2;1H3/b27-13-,34-26?;;. The van der Waals surface area contributed by atoms with Crippen molar-refractivity contribution in [2.75, 3.05) is 6.54 Å². The van der Waals surface area contributed by atoms with Crippen molar-refractivity contribution in [2.24, 2.45) is 51.3 Å². The number of nitrogens with one attached hydrogen (secondary N) is 1. The lowest BCUT2D eigenvalue weighted by Gasteiger charge is -2.57. The van der Waals surface area contributed by atoms with Crippen molar-refractivity contribution in [3.63, 3.8) is 0 Å². The molecule has 8 atom stereocenters. The summed E-state index contributed by atoms with van der Waals surface area (Å²) in [5, 5.41) is 3.15. The molecule has 0 bridgehead atoms. The molecule has 4 saturated carbocycles. The fourth-order valence-corrected chi connectivity index (χ4v) is 9.81. The second-order valence-electron chi connectivity index (χ2n) is 15.2. The van der Waals surface area contributed by atoms with Gasteiger partial charge in [0, 0.05) is 24.2 Å². The van der Waals surface area contributed by atoms with Crippen LogP contribution in [0.4, 0.5) is 0 Å². The molecule has 0 aromatic carbocycles. The summed E-state index contributed by atoms with van der Waals surface area (Å²) >= 11 is 0. The number of aliphatic imine (C=N–C) groups is 1. The first-order valence-corrected chi connectivity index (χ1v) is 17.8. The minimum Gasteiger partial charge on any atom is -0.389 e. The van der Waals surface area contributed by atoms with E-state index in [-0.39, 0.29) is 6.15 Å². The Hall–Kier alpha value is -1.35. The van der Waals surface area contributed by atoms with Gasteiger partial charge in [-0.1, -0.05) is 85.3 Å². The summed E-state index contributed by atoms with van der Waals surface area (Å²) < 4.78 is 0. The van der Waals surface area contributed by atoms with Crippen molar-refractivity contribution in [1.29, 1.82) is 0 Å². The predicted octanol–water partition coefficient (Wildman–Crippen LogP) is 11.5. The van der Waals surface area contributed by atoms with Crippen molar-refractivity contribution < 1.29 is 0 Å². The predicted molar refractivity (Wildman–Crippen MR) is 188 cm³/mol. The molecule has 3 heteroatoms. The molecule has 42 heavy (non-hydrogen) atoms. The van der Waals surface area contributed by atoms with Crippen molar-refractivity contribution >= 4 is 5.71 Å². The molecular formula is C39H71N3. The lowest BCUT2D eigenvalue weighted by atomic mass is 9.47. The zero-order valence-electron chi connectivity index (χ0n) is 29.2. The van der Waals surface area contributed by atoms with Crippen LogP contribution in [0.2, 0.25) is 0 Å². The van der Waals surface area contributed by atoms with Gasteiger partial charge < -0.3 is 11.5 Å². The van der Waals surface area contributed by atoms with E-state index < -0.39 is 0 Å². The quantitative estimate of drug-likeness (QED) is 0.168. The minimum atomic E-state index is 0. The minimum absolute atomic E-state index is 0. The normalized spacial score (nSPS) is 34.9. The molecule has 4 fully saturated rings. The lowest BCUT2D eigenvalue weighted by molar-refractivity contribution is -0.0408. The average Bonchev–Trinajstić information content (AvgIpc) is 3.28. The second-order valence-corrected chi connectivity index (χ2v) is 15.2. The molecule has 4 aliphatic carbocycles. The number of allylic oxidation sites excluding steroid dienone is 3. The van der Waals surface area contributed by atoms with Gasteiger partial charge in [0.15, 0.2) is 0 Å². The molecule has 3 nitrogen and oxygen atoms in total. The molecule has 0 aliphatic heterocycles. The van der Waals surface area contributed by atoms with Gasteiger partial charge in [0.2, 0.25) is 0 Å². The Balaban J connectivity index is 0.000000674. The summed E-state index contributed by atoms with van der Waals surface area (Å²) in [6.07, 6.45) is 26.5. The molecule has 0 amide bonds. The summed E-state index contributed by atoms with van der Waals surface area (Å²) in [5.74, 6) is 5.12.